The minimum Gasteiger partial charge on any atom is -0.497 e. The first-order valence-corrected chi connectivity index (χ1v) is 13.5. The van der Waals surface area contributed by atoms with Crippen molar-refractivity contribution in [3.63, 3.8) is 0 Å². The second-order valence-electron chi connectivity index (χ2n) is 10.3. The Balaban J connectivity index is 1.41. The standard InChI is InChI=1S/C32H37N3O3/c1-23(2)34-16-14-27(15-17-34)33-32(36)31-20-26-19-29(38-22-24-8-5-4-6-9-24)12-13-30(26)35(31)21-25-10-7-11-28(18-25)37-3/h4-13,18-20,23,27H,14-17,21-22H2,1-3H3,(H,33,36). The summed E-state index contributed by atoms with van der Waals surface area (Å²) in [6, 6.07) is 26.9. The van der Waals surface area contributed by atoms with Gasteiger partial charge in [0.05, 0.1) is 7.11 Å². The molecule has 198 valence electrons. The summed E-state index contributed by atoms with van der Waals surface area (Å²) in [5, 5.41) is 4.31. The number of methoxy groups -OCH3 is 1. The summed E-state index contributed by atoms with van der Waals surface area (Å²) >= 11 is 0. The molecule has 0 spiro atoms. The number of carbonyl (C=O) groups is 1. The first kappa shape index (κ1) is 25.9. The zero-order chi connectivity index (χ0) is 26.5. The fraction of sp³-hybridized carbons (Fsp3) is 0.344. The quantitative estimate of drug-likeness (QED) is 0.305. The lowest BCUT2D eigenvalue weighted by molar-refractivity contribution is 0.0892. The number of amides is 1. The highest BCUT2D eigenvalue weighted by Crippen LogP contribution is 2.27. The average molecular weight is 512 g/mol. The zero-order valence-electron chi connectivity index (χ0n) is 22.5. The van der Waals surface area contributed by atoms with Gasteiger partial charge >= 0.3 is 0 Å². The van der Waals surface area contributed by atoms with Crippen molar-refractivity contribution in [3.8, 4) is 11.5 Å². The Hall–Kier alpha value is -3.77. The van der Waals surface area contributed by atoms with E-state index in [9.17, 15) is 4.79 Å². The first-order valence-electron chi connectivity index (χ1n) is 13.5. The maximum Gasteiger partial charge on any atom is 0.268 e. The molecule has 1 N–H and O–H groups in total. The van der Waals surface area contributed by atoms with Crippen LogP contribution < -0.4 is 14.8 Å². The predicted octanol–water partition coefficient (Wildman–Crippen LogP) is 5.88. The number of nitrogens with one attached hydrogen (secondary N) is 1. The molecule has 0 atom stereocenters. The predicted molar refractivity (Wildman–Crippen MR) is 152 cm³/mol. The van der Waals surface area contributed by atoms with Gasteiger partial charge in [-0.25, -0.2) is 0 Å². The van der Waals surface area contributed by atoms with Crippen molar-refractivity contribution < 1.29 is 14.3 Å². The number of fused-ring (bicyclic) bond motifs is 1. The molecule has 5 rings (SSSR count). The van der Waals surface area contributed by atoms with Gasteiger partial charge < -0.3 is 24.3 Å². The van der Waals surface area contributed by atoms with Crippen LogP contribution in [0.2, 0.25) is 0 Å². The number of piperidine rings is 1. The Morgan fingerprint density at radius 1 is 0.921 bits per heavy atom. The normalized spacial score (nSPS) is 14.6. The van der Waals surface area contributed by atoms with Crippen molar-refractivity contribution in [3.05, 3.63) is 95.7 Å². The molecular formula is C32H37N3O3. The summed E-state index contributed by atoms with van der Waals surface area (Å²) in [5.41, 5.74) is 3.85. The highest BCUT2D eigenvalue weighted by Gasteiger charge is 2.24. The molecule has 1 aliphatic rings. The van der Waals surface area contributed by atoms with E-state index in [2.05, 4.69) is 46.8 Å². The van der Waals surface area contributed by atoms with Crippen LogP contribution in [-0.2, 0) is 13.2 Å². The number of nitrogens with zero attached hydrogens (tertiary/aromatic N) is 2. The maximum absolute atomic E-state index is 13.6. The van der Waals surface area contributed by atoms with Gasteiger partial charge in [0, 0.05) is 42.6 Å². The van der Waals surface area contributed by atoms with Crippen LogP contribution in [0, 0.1) is 0 Å². The van der Waals surface area contributed by atoms with E-state index in [4.69, 9.17) is 9.47 Å². The third-order valence-electron chi connectivity index (χ3n) is 7.42. The number of likely N-dealkylation sites (tertiary alicyclic amines) is 1. The van der Waals surface area contributed by atoms with Gasteiger partial charge in [-0.3, -0.25) is 4.79 Å². The van der Waals surface area contributed by atoms with Gasteiger partial charge in [-0.1, -0.05) is 42.5 Å². The van der Waals surface area contributed by atoms with E-state index in [-0.39, 0.29) is 11.9 Å². The molecule has 4 aromatic rings. The zero-order valence-corrected chi connectivity index (χ0v) is 22.5. The minimum absolute atomic E-state index is 0.0288. The lowest BCUT2D eigenvalue weighted by Crippen LogP contribution is -2.46. The molecule has 1 saturated heterocycles. The molecule has 6 nitrogen and oxygen atoms in total. The molecule has 0 saturated carbocycles. The summed E-state index contributed by atoms with van der Waals surface area (Å²) in [6.07, 6.45) is 1.94. The number of aromatic nitrogens is 1. The monoisotopic (exact) mass is 511 g/mol. The number of benzene rings is 3. The Morgan fingerprint density at radius 3 is 2.42 bits per heavy atom. The third-order valence-corrected chi connectivity index (χ3v) is 7.42. The van der Waals surface area contributed by atoms with Crippen LogP contribution in [0.25, 0.3) is 10.9 Å². The molecule has 3 aromatic carbocycles. The molecule has 6 heteroatoms. The van der Waals surface area contributed by atoms with E-state index < -0.39 is 0 Å². The SMILES string of the molecule is COc1cccc(Cn2c(C(=O)NC3CCN(C(C)C)CC3)cc3cc(OCc4ccccc4)ccc32)c1. The molecule has 1 aromatic heterocycles. The lowest BCUT2D eigenvalue weighted by Gasteiger charge is -2.34. The van der Waals surface area contributed by atoms with Crippen molar-refractivity contribution in [2.24, 2.45) is 0 Å². The molecular weight excluding hydrogens is 474 g/mol. The summed E-state index contributed by atoms with van der Waals surface area (Å²) in [6.45, 7) is 7.55. The number of rotatable bonds is 9. The Kier molecular flexibility index (Phi) is 7.99. The van der Waals surface area contributed by atoms with E-state index in [0.29, 0.717) is 24.9 Å². The first-order chi connectivity index (χ1) is 18.5. The van der Waals surface area contributed by atoms with Gasteiger partial charge in [-0.05, 0) is 74.2 Å². The van der Waals surface area contributed by atoms with E-state index in [0.717, 1.165) is 59.5 Å². The molecule has 1 amide bonds. The summed E-state index contributed by atoms with van der Waals surface area (Å²) in [7, 11) is 1.67. The van der Waals surface area contributed by atoms with Crippen molar-refractivity contribution in [2.75, 3.05) is 20.2 Å². The summed E-state index contributed by atoms with van der Waals surface area (Å²) in [5.74, 6) is 1.56. The van der Waals surface area contributed by atoms with Gasteiger partial charge in [0.25, 0.3) is 5.91 Å². The third kappa shape index (κ3) is 6.03. The number of carbonyl (C=O) groups excluding carboxylic acids is 1. The van der Waals surface area contributed by atoms with E-state index in [1.165, 1.54) is 0 Å². The summed E-state index contributed by atoms with van der Waals surface area (Å²) < 4.78 is 13.6. The Bertz CT molecular complexity index is 1370. The van der Waals surface area contributed by atoms with Crippen LogP contribution in [-0.4, -0.2) is 47.7 Å². The smallest absolute Gasteiger partial charge is 0.268 e. The van der Waals surface area contributed by atoms with Crippen LogP contribution in [0.3, 0.4) is 0 Å². The van der Waals surface area contributed by atoms with Crippen molar-refractivity contribution >= 4 is 16.8 Å². The van der Waals surface area contributed by atoms with E-state index in [1.807, 2.05) is 60.7 Å². The highest BCUT2D eigenvalue weighted by atomic mass is 16.5. The molecule has 1 fully saturated rings. The summed E-state index contributed by atoms with van der Waals surface area (Å²) in [4.78, 5) is 16.1. The molecule has 0 radical (unpaired) electrons. The number of hydrogen-bond donors (Lipinski definition) is 1. The minimum atomic E-state index is -0.0288. The fourth-order valence-electron chi connectivity index (χ4n) is 5.21. The molecule has 38 heavy (non-hydrogen) atoms. The second kappa shape index (κ2) is 11.7. The van der Waals surface area contributed by atoms with Crippen LogP contribution in [0.1, 0.15) is 48.3 Å². The van der Waals surface area contributed by atoms with Crippen LogP contribution in [0.4, 0.5) is 0 Å². The van der Waals surface area contributed by atoms with Crippen molar-refractivity contribution in [1.82, 2.24) is 14.8 Å². The van der Waals surface area contributed by atoms with Crippen LogP contribution in [0.5, 0.6) is 11.5 Å². The van der Waals surface area contributed by atoms with Gasteiger partial charge in [0.2, 0.25) is 0 Å². The number of ether oxygens (including phenoxy) is 2. The molecule has 2 heterocycles. The van der Waals surface area contributed by atoms with E-state index >= 15 is 0 Å². The fourth-order valence-corrected chi connectivity index (χ4v) is 5.21. The number of hydrogen-bond acceptors (Lipinski definition) is 4. The van der Waals surface area contributed by atoms with Gasteiger partial charge in [0.15, 0.2) is 0 Å². The largest absolute Gasteiger partial charge is 0.497 e. The molecule has 0 bridgehead atoms. The van der Waals surface area contributed by atoms with Crippen molar-refractivity contribution in [1.29, 1.82) is 0 Å². The average Bonchev–Trinajstić information content (AvgIpc) is 3.30. The Morgan fingerprint density at radius 2 is 1.68 bits per heavy atom. The Labute approximate surface area is 225 Å². The second-order valence-corrected chi connectivity index (χ2v) is 10.3. The van der Waals surface area contributed by atoms with Crippen LogP contribution >= 0.6 is 0 Å². The molecule has 0 aliphatic carbocycles. The molecule has 1 aliphatic heterocycles. The topological polar surface area (TPSA) is 55.7 Å². The lowest BCUT2D eigenvalue weighted by atomic mass is 10.0. The van der Waals surface area contributed by atoms with Gasteiger partial charge in [-0.15, -0.1) is 0 Å². The van der Waals surface area contributed by atoms with E-state index in [1.54, 1.807) is 7.11 Å². The van der Waals surface area contributed by atoms with Crippen molar-refractivity contribution in [2.45, 2.75) is 51.9 Å². The van der Waals surface area contributed by atoms with Crippen LogP contribution in [0.15, 0.2) is 78.9 Å². The molecule has 0 unspecified atom stereocenters. The highest BCUT2D eigenvalue weighted by molar-refractivity contribution is 5.99. The van der Waals surface area contributed by atoms with Gasteiger partial charge in [0.1, 0.15) is 23.8 Å². The van der Waals surface area contributed by atoms with Gasteiger partial charge in [-0.2, -0.15) is 0 Å². The maximum atomic E-state index is 13.6.